The van der Waals surface area contributed by atoms with E-state index in [1.54, 1.807) is 24.7 Å². The Kier molecular flexibility index (Phi) is 11.0. The molecule has 1 aromatic heterocycles. The SMILES string of the molecule is CC(C)(C)c1c([O-])c([O-])c(C(C)(C)C)c(Cl)c1Cl.Cc1cc(C)c(N=Cc2ncccn2)c(C)c1.[Ni+2]. The van der Waals surface area contributed by atoms with Gasteiger partial charge in [-0.15, -0.1) is 11.5 Å². The van der Waals surface area contributed by atoms with Gasteiger partial charge in [0.05, 0.1) is 21.9 Å². The largest absolute Gasteiger partial charge is 2.00 e. The summed E-state index contributed by atoms with van der Waals surface area (Å²) in [6, 6.07) is 6.05. The van der Waals surface area contributed by atoms with Crippen LogP contribution in [0.4, 0.5) is 5.69 Å². The number of hydrogen-bond donors (Lipinski definition) is 0. The van der Waals surface area contributed by atoms with Crippen LogP contribution in [0.25, 0.3) is 0 Å². The number of nitrogens with zero attached hydrogens (tertiary/aromatic N) is 3. The zero-order valence-electron chi connectivity index (χ0n) is 22.2. The Morgan fingerprint density at radius 1 is 0.778 bits per heavy atom. The van der Waals surface area contributed by atoms with E-state index in [1.165, 1.54) is 16.7 Å². The number of benzene rings is 2. The molecule has 1 heterocycles. The quantitative estimate of drug-likeness (QED) is 0.247. The number of aryl methyl sites for hydroxylation is 3. The molecule has 0 aliphatic carbocycles. The molecule has 0 amide bonds. The molecule has 0 spiro atoms. The summed E-state index contributed by atoms with van der Waals surface area (Å²) < 4.78 is 0. The predicted octanol–water partition coefficient (Wildman–Crippen LogP) is 6.89. The van der Waals surface area contributed by atoms with E-state index in [2.05, 4.69) is 47.9 Å². The molecule has 3 rings (SSSR count). The van der Waals surface area contributed by atoms with Crippen molar-refractivity contribution in [3.63, 3.8) is 0 Å². The first-order chi connectivity index (χ1) is 16.1. The Balaban J connectivity index is 0.000000351. The molecular formula is C28H33Cl2N3NiO2. The maximum atomic E-state index is 12.2. The van der Waals surface area contributed by atoms with Gasteiger partial charge in [0.15, 0.2) is 5.82 Å². The minimum atomic E-state index is -0.540. The molecule has 2 aromatic carbocycles. The molecule has 36 heavy (non-hydrogen) atoms. The van der Waals surface area contributed by atoms with Gasteiger partial charge in [0, 0.05) is 12.4 Å². The Hall–Kier alpha value is -2.14. The molecule has 3 aromatic rings. The van der Waals surface area contributed by atoms with Crippen molar-refractivity contribution in [2.45, 2.75) is 73.1 Å². The molecule has 0 bridgehead atoms. The van der Waals surface area contributed by atoms with Crippen LogP contribution in [-0.4, -0.2) is 16.2 Å². The molecule has 0 aliphatic heterocycles. The van der Waals surface area contributed by atoms with Gasteiger partial charge in [-0.25, -0.2) is 9.97 Å². The summed E-state index contributed by atoms with van der Waals surface area (Å²) in [5, 5.41) is 24.8. The monoisotopic (exact) mass is 571 g/mol. The van der Waals surface area contributed by atoms with Gasteiger partial charge < -0.3 is 10.2 Å². The fraction of sp³-hybridized carbons (Fsp3) is 0.393. The molecule has 5 nitrogen and oxygen atoms in total. The van der Waals surface area contributed by atoms with E-state index in [4.69, 9.17) is 23.2 Å². The van der Waals surface area contributed by atoms with Crippen LogP contribution in [0.2, 0.25) is 10.0 Å². The molecular weight excluding hydrogens is 540 g/mol. The van der Waals surface area contributed by atoms with Gasteiger partial charge >= 0.3 is 16.5 Å². The normalized spacial score (nSPS) is 11.6. The van der Waals surface area contributed by atoms with E-state index in [1.807, 2.05) is 41.5 Å². The van der Waals surface area contributed by atoms with E-state index in [0.717, 1.165) is 5.69 Å². The second kappa shape index (κ2) is 12.4. The van der Waals surface area contributed by atoms with Crippen molar-refractivity contribution in [2.75, 3.05) is 0 Å². The molecule has 196 valence electrons. The molecule has 0 N–H and O–H groups in total. The van der Waals surface area contributed by atoms with Crippen molar-refractivity contribution in [1.29, 1.82) is 0 Å². The fourth-order valence-electron chi connectivity index (χ4n) is 3.86. The van der Waals surface area contributed by atoms with E-state index in [0.29, 0.717) is 17.0 Å². The van der Waals surface area contributed by atoms with Crippen LogP contribution in [0, 0.1) is 20.8 Å². The minimum Gasteiger partial charge on any atom is -0.873 e. The van der Waals surface area contributed by atoms with Gasteiger partial charge in [-0.2, -0.15) is 0 Å². The molecule has 0 radical (unpaired) electrons. The van der Waals surface area contributed by atoms with E-state index >= 15 is 0 Å². The summed E-state index contributed by atoms with van der Waals surface area (Å²) in [6.45, 7) is 17.2. The van der Waals surface area contributed by atoms with Crippen LogP contribution in [0.15, 0.2) is 35.6 Å². The third-order valence-corrected chi connectivity index (χ3v) is 6.17. The Morgan fingerprint density at radius 2 is 1.17 bits per heavy atom. The first-order valence-electron chi connectivity index (χ1n) is 11.3. The average Bonchev–Trinajstić information content (AvgIpc) is 2.71. The van der Waals surface area contributed by atoms with Crippen molar-refractivity contribution >= 4 is 35.1 Å². The topological polar surface area (TPSA) is 84.3 Å². The molecule has 0 atom stereocenters. The van der Waals surface area contributed by atoms with Crippen LogP contribution in [0.5, 0.6) is 11.5 Å². The molecule has 0 aliphatic rings. The first-order valence-corrected chi connectivity index (χ1v) is 12.1. The smallest absolute Gasteiger partial charge is 0.873 e. The zero-order valence-corrected chi connectivity index (χ0v) is 24.7. The van der Waals surface area contributed by atoms with Crippen molar-refractivity contribution < 1.29 is 26.7 Å². The van der Waals surface area contributed by atoms with Crippen molar-refractivity contribution in [3.8, 4) is 11.5 Å². The summed E-state index contributed by atoms with van der Waals surface area (Å²) in [6.07, 6.45) is 5.12. The van der Waals surface area contributed by atoms with Crippen LogP contribution in [0.3, 0.4) is 0 Å². The average molecular weight is 573 g/mol. The maximum absolute atomic E-state index is 12.2. The standard InChI is InChI=1S/C14H20Cl2O2.C14H15N3.Ni/c1-13(2,3)7-9(15)10(16)8(14(4,5)6)12(18)11(7)17;1-10-7-11(2)14(12(3)8-10)17-9-13-15-5-4-6-16-13;/h17-18H,1-6H3;4-9H,1-3H3;/q;;+2/p-2. The molecule has 0 saturated carbocycles. The van der Waals surface area contributed by atoms with E-state index < -0.39 is 22.3 Å². The number of halogens is 2. The summed E-state index contributed by atoms with van der Waals surface area (Å²) in [4.78, 5) is 12.7. The third-order valence-electron chi connectivity index (χ3n) is 5.32. The second-order valence-corrected chi connectivity index (χ2v) is 11.4. The molecule has 0 fully saturated rings. The van der Waals surface area contributed by atoms with Gasteiger partial charge in [-0.05, 0) is 59.9 Å². The van der Waals surface area contributed by atoms with Crippen molar-refractivity contribution in [3.05, 3.63) is 74.3 Å². The van der Waals surface area contributed by atoms with Gasteiger partial charge in [0.2, 0.25) is 0 Å². The van der Waals surface area contributed by atoms with Gasteiger partial charge in [-0.3, -0.25) is 4.99 Å². The zero-order chi connectivity index (χ0) is 26.7. The Bertz CT molecular complexity index is 1140. The van der Waals surface area contributed by atoms with Crippen molar-refractivity contribution in [2.24, 2.45) is 4.99 Å². The van der Waals surface area contributed by atoms with E-state index in [9.17, 15) is 10.2 Å². The van der Waals surface area contributed by atoms with Crippen molar-refractivity contribution in [1.82, 2.24) is 9.97 Å². The van der Waals surface area contributed by atoms with E-state index in [-0.39, 0.29) is 26.5 Å². The minimum absolute atomic E-state index is 0. The second-order valence-electron chi connectivity index (χ2n) is 10.6. The van der Waals surface area contributed by atoms with Crippen LogP contribution in [-0.2, 0) is 27.3 Å². The predicted molar refractivity (Wildman–Crippen MR) is 143 cm³/mol. The number of aromatic nitrogens is 2. The van der Waals surface area contributed by atoms with Gasteiger partial charge in [0.1, 0.15) is 0 Å². The Morgan fingerprint density at radius 3 is 1.53 bits per heavy atom. The Labute approximate surface area is 235 Å². The van der Waals surface area contributed by atoms with Crippen LogP contribution in [0.1, 0.15) is 75.2 Å². The molecule has 8 heteroatoms. The first kappa shape index (κ1) is 31.9. The summed E-state index contributed by atoms with van der Waals surface area (Å²) in [5.74, 6) is -0.449. The molecule has 0 unspecified atom stereocenters. The van der Waals surface area contributed by atoms with Crippen LogP contribution < -0.4 is 10.2 Å². The summed E-state index contributed by atoms with van der Waals surface area (Å²) >= 11 is 12.4. The third kappa shape index (κ3) is 7.68. The number of rotatable bonds is 2. The van der Waals surface area contributed by atoms with Gasteiger partial charge in [0.25, 0.3) is 0 Å². The fourth-order valence-corrected chi connectivity index (χ4v) is 4.79. The summed E-state index contributed by atoms with van der Waals surface area (Å²) in [7, 11) is 0. The van der Waals surface area contributed by atoms with Crippen LogP contribution >= 0.6 is 23.2 Å². The van der Waals surface area contributed by atoms with Gasteiger partial charge in [-0.1, -0.05) is 82.4 Å². The maximum Gasteiger partial charge on any atom is 2.00 e. The number of aliphatic imine (C=N–C) groups is 1. The summed E-state index contributed by atoms with van der Waals surface area (Å²) in [5.41, 5.74) is 4.20. The molecule has 0 saturated heterocycles. The number of hydrogen-bond acceptors (Lipinski definition) is 5.